The number of nitrogens with zero attached hydrogens (tertiary/aromatic N) is 1. The molecule has 1 aliphatic rings. The molecule has 0 spiro atoms. The lowest BCUT2D eigenvalue weighted by Crippen LogP contribution is -2.39. The number of hydrogen-bond acceptors (Lipinski definition) is 3. The van der Waals surface area contributed by atoms with E-state index in [0.717, 1.165) is 43.9 Å². The Balaban J connectivity index is 2.34. The fourth-order valence-corrected chi connectivity index (χ4v) is 2.76. The summed E-state index contributed by atoms with van der Waals surface area (Å²) < 4.78 is 0. The molecule has 0 radical (unpaired) electrons. The molecule has 14 heavy (non-hydrogen) atoms. The van der Waals surface area contributed by atoms with Crippen LogP contribution in [0.3, 0.4) is 0 Å². The van der Waals surface area contributed by atoms with Crippen LogP contribution in [0, 0.1) is 0 Å². The molecule has 0 amide bonds. The summed E-state index contributed by atoms with van der Waals surface area (Å²) in [5, 5.41) is 9.08. The highest BCUT2D eigenvalue weighted by Gasteiger charge is 2.27. The van der Waals surface area contributed by atoms with Crippen molar-refractivity contribution in [1.82, 2.24) is 4.90 Å². The van der Waals surface area contributed by atoms with Crippen LogP contribution in [-0.2, 0) is 4.79 Å². The molecule has 1 heterocycles. The van der Waals surface area contributed by atoms with Crippen molar-refractivity contribution in [1.29, 1.82) is 0 Å². The predicted molar refractivity (Wildman–Crippen MR) is 59.6 cm³/mol. The van der Waals surface area contributed by atoms with Gasteiger partial charge in [0.2, 0.25) is 0 Å². The normalized spacial score (nSPS) is 19.8. The largest absolute Gasteiger partial charge is 0.480 e. The SMILES string of the molecule is CCCCCC(C(=O)O)N1CCSC1. The van der Waals surface area contributed by atoms with Crippen LogP contribution in [-0.4, -0.2) is 40.2 Å². The van der Waals surface area contributed by atoms with Crippen molar-refractivity contribution in [3.8, 4) is 0 Å². The molecule has 0 saturated carbocycles. The minimum Gasteiger partial charge on any atom is -0.480 e. The Morgan fingerprint density at radius 1 is 1.57 bits per heavy atom. The molecule has 3 nitrogen and oxygen atoms in total. The highest BCUT2D eigenvalue weighted by molar-refractivity contribution is 7.99. The zero-order valence-corrected chi connectivity index (χ0v) is 9.55. The van der Waals surface area contributed by atoms with Crippen molar-refractivity contribution in [2.75, 3.05) is 18.2 Å². The third kappa shape index (κ3) is 3.50. The van der Waals surface area contributed by atoms with Crippen molar-refractivity contribution in [2.24, 2.45) is 0 Å². The van der Waals surface area contributed by atoms with E-state index >= 15 is 0 Å². The molecule has 0 aromatic carbocycles. The van der Waals surface area contributed by atoms with E-state index in [0.29, 0.717) is 0 Å². The fraction of sp³-hybridized carbons (Fsp3) is 0.900. The number of rotatable bonds is 6. The van der Waals surface area contributed by atoms with Gasteiger partial charge >= 0.3 is 5.97 Å². The van der Waals surface area contributed by atoms with E-state index in [1.54, 1.807) is 0 Å². The van der Waals surface area contributed by atoms with E-state index in [1.807, 2.05) is 11.8 Å². The summed E-state index contributed by atoms with van der Waals surface area (Å²) in [4.78, 5) is 13.1. The van der Waals surface area contributed by atoms with Crippen LogP contribution in [0.1, 0.15) is 32.6 Å². The van der Waals surface area contributed by atoms with Crippen LogP contribution in [0.15, 0.2) is 0 Å². The summed E-state index contributed by atoms with van der Waals surface area (Å²) in [6.45, 7) is 3.08. The van der Waals surface area contributed by atoms with Crippen LogP contribution in [0.4, 0.5) is 0 Å². The van der Waals surface area contributed by atoms with E-state index < -0.39 is 5.97 Å². The van der Waals surface area contributed by atoms with Crippen LogP contribution >= 0.6 is 11.8 Å². The molecule has 0 aromatic heterocycles. The number of thioether (sulfide) groups is 1. The summed E-state index contributed by atoms with van der Waals surface area (Å²) in [5.41, 5.74) is 0. The van der Waals surface area contributed by atoms with Crippen molar-refractivity contribution >= 4 is 17.7 Å². The molecule has 1 N–H and O–H groups in total. The summed E-state index contributed by atoms with van der Waals surface area (Å²) in [6, 6.07) is -0.239. The Kier molecular flexibility index (Phi) is 5.33. The average Bonchev–Trinajstić information content (AvgIpc) is 2.64. The molecule has 4 heteroatoms. The maximum atomic E-state index is 11.0. The Labute approximate surface area is 89.9 Å². The maximum Gasteiger partial charge on any atom is 0.320 e. The zero-order chi connectivity index (χ0) is 10.4. The van der Waals surface area contributed by atoms with E-state index in [2.05, 4.69) is 11.8 Å². The van der Waals surface area contributed by atoms with Gasteiger partial charge in [0.1, 0.15) is 6.04 Å². The smallest absolute Gasteiger partial charge is 0.320 e. The third-order valence-corrected chi connectivity index (χ3v) is 3.57. The Morgan fingerprint density at radius 3 is 2.86 bits per heavy atom. The number of unbranched alkanes of at least 4 members (excludes halogenated alkanes) is 2. The number of carboxylic acid groups (broad SMARTS) is 1. The highest BCUT2D eigenvalue weighted by Crippen LogP contribution is 2.19. The predicted octanol–water partition coefficient (Wildman–Crippen LogP) is 2.03. The van der Waals surface area contributed by atoms with E-state index in [-0.39, 0.29) is 6.04 Å². The topological polar surface area (TPSA) is 40.5 Å². The average molecular weight is 217 g/mol. The van der Waals surface area contributed by atoms with Crippen molar-refractivity contribution in [2.45, 2.75) is 38.6 Å². The molecule has 1 atom stereocenters. The van der Waals surface area contributed by atoms with Crippen molar-refractivity contribution in [3.05, 3.63) is 0 Å². The maximum absolute atomic E-state index is 11.0. The van der Waals surface area contributed by atoms with Crippen LogP contribution in [0.25, 0.3) is 0 Å². The second-order valence-electron chi connectivity index (χ2n) is 3.70. The fourth-order valence-electron chi connectivity index (χ4n) is 1.72. The third-order valence-electron chi connectivity index (χ3n) is 2.59. The molecule has 1 fully saturated rings. The second-order valence-corrected chi connectivity index (χ2v) is 4.77. The minimum atomic E-state index is -0.649. The van der Waals surface area contributed by atoms with Gasteiger partial charge in [0.25, 0.3) is 0 Å². The van der Waals surface area contributed by atoms with Crippen molar-refractivity contribution < 1.29 is 9.90 Å². The molecule has 0 aliphatic carbocycles. The van der Waals surface area contributed by atoms with E-state index in [9.17, 15) is 4.79 Å². The monoisotopic (exact) mass is 217 g/mol. The minimum absolute atomic E-state index is 0.239. The number of hydrogen-bond donors (Lipinski definition) is 1. The first kappa shape index (κ1) is 11.9. The van der Waals surface area contributed by atoms with Gasteiger partial charge in [-0.05, 0) is 6.42 Å². The van der Waals surface area contributed by atoms with E-state index in [1.165, 1.54) is 0 Å². The van der Waals surface area contributed by atoms with Gasteiger partial charge in [-0.2, -0.15) is 0 Å². The summed E-state index contributed by atoms with van der Waals surface area (Å²) in [5.74, 6) is 1.32. The standard InChI is InChI=1S/C10H19NO2S/c1-2-3-4-5-9(10(12)13)11-6-7-14-8-11/h9H,2-8H2,1H3,(H,12,13). The van der Waals surface area contributed by atoms with Gasteiger partial charge in [-0.15, -0.1) is 11.8 Å². The molecular weight excluding hydrogens is 198 g/mol. The van der Waals surface area contributed by atoms with Gasteiger partial charge in [0.15, 0.2) is 0 Å². The summed E-state index contributed by atoms with van der Waals surface area (Å²) >= 11 is 1.83. The lowest BCUT2D eigenvalue weighted by atomic mass is 10.1. The first-order chi connectivity index (χ1) is 6.75. The van der Waals surface area contributed by atoms with Gasteiger partial charge in [-0.3, -0.25) is 9.69 Å². The molecule has 1 aliphatic heterocycles. The molecule has 82 valence electrons. The van der Waals surface area contributed by atoms with Gasteiger partial charge in [-0.1, -0.05) is 26.2 Å². The first-order valence-electron chi connectivity index (χ1n) is 5.30. The first-order valence-corrected chi connectivity index (χ1v) is 6.45. The summed E-state index contributed by atoms with van der Waals surface area (Å²) in [6.07, 6.45) is 4.14. The highest BCUT2D eigenvalue weighted by atomic mass is 32.2. The van der Waals surface area contributed by atoms with Crippen molar-refractivity contribution in [3.63, 3.8) is 0 Å². The number of aliphatic carboxylic acids is 1. The Morgan fingerprint density at radius 2 is 2.36 bits per heavy atom. The number of carbonyl (C=O) groups is 1. The van der Waals surface area contributed by atoms with Gasteiger partial charge in [0, 0.05) is 18.2 Å². The van der Waals surface area contributed by atoms with Crippen LogP contribution in [0.2, 0.25) is 0 Å². The van der Waals surface area contributed by atoms with Gasteiger partial charge < -0.3 is 5.11 Å². The Bertz CT molecular complexity index is 181. The zero-order valence-electron chi connectivity index (χ0n) is 8.74. The molecule has 1 unspecified atom stereocenters. The number of carboxylic acids is 1. The van der Waals surface area contributed by atoms with E-state index in [4.69, 9.17) is 5.11 Å². The molecule has 1 rings (SSSR count). The lowest BCUT2D eigenvalue weighted by molar-refractivity contribution is -0.143. The lowest BCUT2D eigenvalue weighted by Gasteiger charge is -2.22. The molecule has 1 saturated heterocycles. The molecule has 0 aromatic rings. The quantitative estimate of drug-likeness (QED) is 0.691. The second kappa shape index (κ2) is 6.30. The molecule has 0 bridgehead atoms. The van der Waals surface area contributed by atoms with Crippen LogP contribution < -0.4 is 0 Å². The van der Waals surface area contributed by atoms with Gasteiger partial charge in [-0.25, -0.2) is 0 Å². The van der Waals surface area contributed by atoms with Crippen LogP contribution in [0.5, 0.6) is 0 Å². The Hall–Kier alpha value is -0.220. The molecular formula is C10H19NO2S. The summed E-state index contributed by atoms with van der Waals surface area (Å²) in [7, 11) is 0. The van der Waals surface area contributed by atoms with Gasteiger partial charge in [0.05, 0.1) is 0 Å².